The second-order valence-corrected chi connectivity index (χ2v) is 7.83. The van der Waals surface area contributed by atoms with Crippen LogP contribution < -0.4 is 5.32 Å². The predicted octanol–water partition coefficient (Wildman–Crippen LogP) is 3.27. The number of benzene rings is 2. The van der Waals surface area contributed by atoms with Gasteiger partial charge in [-0.2, -0.15) is 0 Å². The Balaban J connectivity index is 1.63. The van der Waals surface area contributed by atoms with E-state index in [1.54, 1.807) is 19.2 Å². The summed E-state index contributed by atoms with van der Waals surface area (Å²) in [7, 11) is 1.67. The molecule has 1 spiro atoms. The van der Waals surface area contributed by atoms with Crippen LogP contribution in [0.25, 0.3) is 0 Å². The van der Waals surface area contributed by atoms with E-state index in [-0.39, 0.29) is 28.8 Å². The van der Waals surface area contributed by atoms with E-state index in [9.17, 15) is 14.9 Å². The maximum absolute atomic E-state index is 11.5. The maximum atomic E-state index is 11.5. The van der Waals surface area contributed by atoms with Gasteiger partial charge in [-0.1, -0.05) is 42.5 Å². The largest absolute Gasteiger partial charge is 0.441 e. The standard InChI is InChI=1S/C22H25N3O5/c1-29-20(24-12-10-22(11-13-24)15-23-21(26)30-22)19(16-6-3-2-4-7-16)17-8-5-9-18(14-17)25(27)28/h2-9,14,19-20H,10-13,15H2,1H3,(H,23,26). The van der Waals surface area contributed by atoms with E-state index in [0.717, 1.165) is 11.1 Å². The molecule has 158 valence electrons. The topological polar surface area (TPSA) is 93.9 Å². The van der Waals surface area contributed by atoms with E-state index in [2.05, 4.69) is 10.2 Å². The van der Waals surface area contributed by atoms with Gasteiger partial charge in [-0.25, -0.2) is 4.79 Å². The fraction of sp³-hybridized carbons (Fsp3) is 0.409. The minimum Gasteiger partial charge on any atom is -0.441 e. The van der Waals surface area contributed by atoms with Gasteiger partial charge in [0.05, 0.1) is 11.5 Å². The number of rotatable bonds is 6. The lowest BCUT2D eigenvalue weighted by atomic mass is 9.86. The van der Waals surface area contributed by atoms with Crippen molar-refractivity contribution >= 4 is 11.8 Å². The summed E-state index contributed by atoms with van der Waals surface area (Å²) in [6.45, 7) is 1.93. The van der Waals surface area contributed by atoms with Gasteiger partial charge in [0, 0.05) is 51.1 Å². The average Bonchev–Trinajstić information content (AvgIpc) is 3.13. The number of nitrogens with zero attached hydrogens (tertiary/aromatic N) is 2. The second kappa shape index (κ2) is 8.41. The molecule has 30 heavy (non-hydrogen) atoms. The molecule has 0 aliphatic carbocycles. The summed E-state index contributed by atoms with van der Waals surface area (Å²) in [6.07, 6.45) is 0.756. The van der Waals surface area contributed by atoms with Gasteiger partial charge < -0.3 is 14.8 Å². The van der Waals surface area contributed by atoms with Gasteiger partial charge in [-0.05, 0) is 11.1 Å². The predicted molar refractivity (Wildman–Crippen MR) is 110 cm³/mol. The Morgan fingerprint density at radius 3 is 2.43 bits per heavy atom. The van der Waals surface area contributed by atoms with Gasteiger partial charge in [0.25, 0.3) is 5.69 Å². The Morgan fingerprint density at radius 2 is 1.83 bits per heavy atom. The molecule has 2 fully saturated rings. The molecule has 2 unspecified atom stereocenters. The van der Waals surface area contributed by atoms with Gasteiger partial charge >= 0.3 is 6.09 Å². The number of amides is 1. The van der Waals surface area contributed by atoms with E-state index >= 15 is 0 Å². The van der Waals surface area contributed by atoms with Crippen molar-refractivity contribution in [2.75, 3.05) is 26.7 Å². The average molecular weight is 411 g/mol. The monoisotopic (exact) mass is 411 g/mol. The molecule has 2 aliphatic rings. The third-order valence-corrected chi connectivity index (χ3v) is 6.06. The lowest BCUT2D eigenvalue weighted by Crippen LogP contribution is -2.52. The molecule has 2 aromatic carbocycles. The molecule has 1 amide bonds. The molecule has 0 aromatic heterocycles. The molecule has 8 heteroatoms. The fourth-order valence-electron chi connectivity index (χ4n) is 4.48. The van der Waals surface area contributed by atoms with Crippen LogP contribution in [0.4, 0.5) is 10.5 Å². The number of non-ortho nitro benzene ring substituents is 1. The number of hydrogen-bond acceptors (Lipinski definition) is 6. The summed E-state index contributed by atoms with van der Waals surface area (Å²) in [5, 5.41) is 14.1. The summed E-state index contributed by atoms with van der Waals surface area (Å²) in [6, 6.07) is 16.6. The lowest BCUT2D eigenvalue weighted by Gasteiger charge is -2.43. The molecular weight excluding hydrogens is 386 g/mol. The lowest BCUT2D eigenvalue weighted by molar-refractivity contribution is -0.384. The number of piperidine rings is 1. The molecule has 1 N–H and O–H groups in total. The van der Waals surface area contributed by atoms with Crippen molar-refractivity contribution < 1.29 is 19.2 Å². The number of likely N-dealkylation sites (tertiary alicyclic amines) is 1. The zero-order valence-electron chi connectivity index (χ0n) is 16.8. The molecule has 0 bridgehead atoms. The summed E-state index contributed by atoms with van der Waals surface area (Å²) < 4.78 is 11.5. The van der Waals surface area contributed by atoms with Crippen LogP contribution >= 0.6 is 0 Å². The van der Waals surface area contributed by atoms with Crippen LogP contribution in [0.3, 0.4) is 0 Å². The first kappa shape index (κ1) is 20.3. The zero-order valence-corrected chi connectivity index (χ0v) is 16.8. The van der Waals surface area contributed by atoms with Crippen molar-refractivity contribution in [3.05, 3.63) is 75.8 Å². The number of methoxy groups -OCH3 is 1. The molecule has 2 aliphatic heterocycles. The highest BCUT2D eigenvalue weighted by atomic mass is 16.6. The number of nitro benzene ring substituents is 1. The highest BCUT2D eigenvalue weighted by Crippen LogP contribution is 2.37. The maximum Gasteiger partial charge on any atom is 0.407 e. The zero-order chi connectivity index (χ0) is 21.1. The van der Waals surface area contributed by atoms with Crippen molar-refractivity contribution in [2.45, 2.75) is 30.6 Å². The Kier molecular flexibility index (Phi) is 5.69. The van der Waals surface area contributed by atoms with Crippen LogP contribution in [-0.2, 0) is 9.47 Å². The van der Waals surface area contributed by atoms with Crippen molar-refractivity contribution in [3.8, 4) is 0 Å². The number of nitro groups is 1. The summed E-state index contributed by atoms with van der Waals surface area (Å²) >= 11 is 0. The van der Waals surface area contributed by atoms with Crippen LogP contribution in [-0.4, -0.2) is 54.5 Å². The number of alkyl carbamates (subject to hydrolysis) is 1. The van der Waals surface area contributed by atoms with Crippen molar-refractivity contribution in [1.29, 1.82) is 0 Å². The van der Waals surface area contributed by atoms with Crippen molar-refractivity contribution in [2.24, 2.45) is 0 Å². The quantitative estimate of drug-likeness (QED) is 0.579. The van der Waals surface area contributed by atoms with E-state index in [4.69, 9.17) is 9.47 Å². The highest BCUT2D eigenvalue weighted by molar-refractivity contribution is 5.70. The second-order valence-electron chi connectivity index (χ2n) is 7.83. The molecule has 2 atom stereocenters. The van der Waals surface area contributed by atoms with Gasteiger partial charge in [0.2, 0.25) is 0 Å². The Morgan fingerprint density at radius 1 is 1.13 bits per heavy atom. The number of hydrogen-bond donors (Lipinski definition) is 1. The van der Waals surface area contributed by atoms with Crippen molar-refractivity contribution in [1.82, 2.24) is 10.2 Å². The normalized spacial score (nSPS) is 20.4. The van der Waals surface area contributed by atoms with Crippen LogP contribution in [0.15, 0.2) is 54.6 Å². The molecule has 2 saturated heterocycles. The minimum atomic E-state index is -0.445. The number of carbonyl (C=O) groups is 1. The molecule has 2 heterocycles. The third kappa shape index (κ3) is 4.01. The summed E-state index contributed by atoms with van der Waals surface area (Å²) in [5.41, 5.74) is 1.47. The van der Waals surface area contributed by atoms with E-state index < -0.39 is 5.60 Å². The fourth-order valence-corrected chi connectivity index (χ4v) is 4.48. The third-order valence-electron chi connectivity index (χ3n) is 6.06. The van der Waals surface area contributed by atoms with E-state index in [0.29, 0.717) is 32.5 Å². The van der Waals surface area contributed by atoms with E-state index in [1.807, 2.05) is 36.4 Å². The number of nitrogens with one attached hydrogen (secondary N) is 1. The summed E-state index contributed by atoms with van der Waals surface area (Å²) in [4.78, 5) is 24.7. The summed E-state index contributed by atoms with van der Waals surface area (Å²) in [5.74, 6) is -0.200. The molecule has 4 rings (SSSR count). The SMILES string of the molecule is COC(C(c1ccccc1)c1cccc([N+](=O)[O-])c1)N1CCC2(CC1)CNC(=O)O2. The van der Waals surface area contributed by atoms with Crippen molar-refractivity contribution in [3.63, 3.8) is 0 Å². The Hall–Kier alpha value is -2.97. The Bertz CT molecular complexity index is 912. The molecule has 0 saturated carbocycles. The van der Waals surface area contributed by atoms with Gasteiger partial charge in [0.1, 0.15) is 11.8 Å². The van der Waals surface area contributed by atoms with Gasteiger partial charge in [-0.15, -0.1) is 0 Å². The smallest absolute Gasteiger partial charge is 0.407 e. The van der Waals surface area contributed by atoms with Crippen LogP contribution in [0.5, 0.6) is 0 Å². The molecule has 8 nitrogen and oxygen atoms in total. The molecular formula is C22H25N3O5. The van der Waals surface area contributed by atoms with Crippen LogP contribution in [0, 0.1) is 10.1 Å². The van der Waals surface area contributed by atoms with Gasteiger partial charge in [-0.3, -0.25) is 15.0 Å². The molecule has 2 aromatic rings. The minimum absolute atomic E-state index is 0.0600. The first-order valence-electron chi connectivity index (χ1n) is 10.0. The number of ether oxygens (including phenoxy) is 2. The first-order chi connectivity index (χ1) is 14.5. The Labute approximate surface area is 174 Å². The first-order valence-corrected chi connectivity index (χ1v) is 10.0. The van der Waals surface area contributed by atoms with Gasteiger partial charge in [0.15, 0.2) is 0 Å². The number of carbonyl (C=O) groups excluding carboxylic acids is 1. The van der Waals surface area contributed by atoms with Crippen LogP contribution in [0.1, 0.15) is 29.9 Å². The van der Waals surface area contributed by atoms with Crippen LogP contribution in [0.2, 0.25) is 0 Å². The van der Waals surface area contributed by atoms with E-state index in [1.165, 1.54) is 6.07 Å². The highest BCUT2D eigenvalue weighted by Gasteiger charge is 2.45. The molecule has 0 radical (unpaired) electrons.